The number of rotatable bonds is 7. The first-order chi connectivity index (χ1) is 8.13. The number of ether oxygens (including phenoxy) is 1. The van der Waals surface area contributed by atoms with Gasteiger partial charge in [-0.1, -0.05) is 12.1 Å². The van der Waals surface area contributed by atoms with Gasteiger partial charge in [0.1, 0.15) is 0 Å². The average molecular weight is 238 g/mol. The summed E-state index contributed by atoms with van der Waals surface area (Å²) in [5.41, 5.74) is 1.03. The molecule has 1 aromatic rings. The van der Waals surface area contributed by atoms with Crippen LogP contribution in [-0.2, 0) is 11.3 Å². The van der Waals surface area contributed by atoms with E-state index < -0.39 is 0 Å². The van der Waals surface area contributed by atoms with Gasteiger partial charge in [-0.2, -0.15) is 0 Å². The lowest BCUT2D eigenvalue weighted by Crippen LogP contribution is -2.26. The third-order valence-corrected chi connectivity index (χ3v) is 2.33. The lowest BCUT2D eigenvalue weighted by molar-refractivity contribution is -0.384. The molecule has 1 N–H and O–H groups in total. The SMILES string of the molecule is CCOC(C)CNCc1cccc([N+](=O)[O-])c1. The second-order valence-electron chi connectivity index (χ2n) is 3.82. The highest BCUT2D eigenvalue weighted by Crippen LogP contribution is 2.12. The quantitative estimate of drug-likeness (QED) is 0.583. The van der Waals surface area contributed by atoms with E-state index in [9.17, 15) is 10.1 Å². The van der Waals surface area contributed by atoms with Gasteiger partial charge in [0.2, 0.25) is 0 Å². The Bertz CT molecular complexity index is 369. The van der Waals surface area contributed by atoms with Gasteiger partial charge in [0.05, 0.1) is 11.0 Å². The van der Waals surface area contributed by atoms with Crippen LogP contribution in [-0.4, -0.2) is 24.2 Å². The zero-order valence-electron chi connectivity index (χ0n) is 10.2. The maximum Gasteiger partial charge on any atom is 0.269 e. The molecule has 1 rings (SSSR count). The van der Waals surface area contributed by atoms with Crippen molar-refractivity contribution in [1.82, 2.24) is 5.32 Å². The Labute approximate surface area is 101 Å². The summed E-state index contributed by atoms with van der Waals surface area (Å²) >= 11 is 0. The van der Waals surface area contributed by atoms with Gasteiger partial charge in [0.25, 0.3) is 5.69 Å². The fraction of sp³-hybridized carbons (Fsp3) is 0.500. The molecule has 0 saturated heterocycles. The Hall–Kier alpha value is -1.46. The molecule has 0 spiro atoms. The number of nitrogens with zero attached hydrogens (tertiary/aromatic N) is 1. The minimum Gasteiger partial charge on any atom is -0.377 e. The van der Waals surface area contributed by atoms with Gasteiger partial charge in [0, 0.05) is 31.8 Å². The monoisotopic (exact) mass is 238 g/mol. The molecule has 0 radical (unpaired) electrons. The molecular formula is C12H18N2O3. The van der Waals surface area contributed by atoms with Gasteiger partial charge in [-0.25, -0.2) is 0 Å². The Kier molecular flexibility index (Phi) is 5.59. The third-order valence-electron chi connectivity index (χ3n) is 2.33. The Balaban J connectivity index is 2.41. The van der Waals surface area contributed by atoms with Crippen molar-refractivity contribution < 1.29 is 9.66 Å². The van der Waals surface area contributed by atoms with Crippen LogP contribution in [0.25, 0.3) is 0 Å². The predicted octanol–water partition coefficient (Wildman–Crippen LogP) is 2.11. The molecule has 1 atom stereocenters. The summed E-state index contributed by atoms with van der Waals surface area (Å²) in [4.78, 5) is 10.2. The molecule has 5 heteroatoms. The van der Waals surface area contributed by atoms with Crippen molar-refractivity contribution in [2.75, 3.05) is 13.2 Å². The molecule has 94 valence electrons. The van der Waals surface area contributed by atoms with E-state index in [1.807, 2.05) is 19.9 Å². The van der Waals surface area contributed by atoms with Crippen LogP contribution in [0.4, 0.5) is 5.69 Å². The van der Waals surface area contributed by atoms with Crippen LogP contribution in [0.3, 0.4) is 0 Å². The number of nitrogens with one attached hydrogen (secondary N) is 1. The normalized spacial score (nSPS) is 12.4. The smallest absolute Gasteiger partial charge is 0.269 e. The standard InChI is InChI=1S/C12H18N2O3/c1-3-17-10(2)8-13-9-11-5-4-6-12(7-11)14(15)16/h4-7,10,13H,3,8-9H2,1-2H3. The molecule has 1 unspecified atom stereocenters. The summed E-state index contributed by atoms with van der Waals surface area (Å²) in [6, 6.07) is 6.64. The van der Waals surface area contributed by atoms with Crippen LogP contribution in [0.5, 0.6) is 0 Å². The van der Waals surface area contributed by atoms with Crippen molar-refractivity contribution >= 4 is 5.69 Å². The Morgan fingerprint density at radius 1 is 1.53 bits per heavy atom. The fourth-order valence-electron chi connectivity index (χ4n) is 1.54. The molecule has 1 aromatic carbocycles. The van der Waals surface area contributed by atoms with Gasteiger partial charge in [-0.05, 0) is 19.4 Å². The fourth-order valence-corrected chi connectivity index (χ4v) is 1.54. The van der Waals surface area contributed by atoms with Gasteiger partial charge in [-0.3, -0.25) is 10.1 Å². The predicted molar refractivity (Wildman–Crippen MR) is 65.9 cm³/mol. The molecule has 0 fully saturated rings. The van der Waals surface area contributed by atoms with E-state index in [1.54, 1.807) is 12.1 Å². The van der Waals surface area contributed by atoms with Crippen molar-refractivity contribution in [2.24, 2.45) is 0 Å². The van der Waals surface area contributed by atoms with Crippen molar-refractivity contribution in [3.05, 3.63) is 39.9 Å². The zero-order valence-corrected chi connectivity index (χ0v) is 10.2. The topological polar surface area (TPSA) is 64.4 Å². The number of non-ortho nitro benzene ring substituents is 1. The number of benzene rings is 1. The highest BCUT2D eigenvalue weighted by atomic mass is 16.6. The Morgan fingerprint density at radius 2 is 2.29 bits per heavy atom. The van der Waals surface area contributed by atoms with Crippen molar-refractivity contribution in [3.8, 4) is 0 Å². The van der Waals surface area contributed by atoms with Crippen molar-refractivity contribution in [3.63, 3.8) is 0 Å². The summed E-state index contributed by atoms with van der Waals surface area (Å²) in [5, 5.41) is 13.8. The number of nitro groups is 1. The van der Waals surface area contributed by atoms with Crippen LogP contribution in [0.15, 0.2) is 24.3 Å². The van der Waals surface area contributed by atoms with Crippen molar-refractivity contribution in [1.29, 1.82) is 0 Å². The highest BCUT2D eigenvalue weighted by molar-refractivity contribution is 5.34. The molecule has 0 aliphatic carbocycles. The summed E-state index contributed by atoms with van der Waals surface area (Å²) in [6.45, 7) is 5.98. The number of nitro benzene ring substituents is 1. The number of hydrogen-bond acceptors (Lipinski definition) is 4. The molecule has 5 nitrogen and oxygen atoms in total. The van der Waals surface area contributed by atoms with Crippen molar-refractivity contribution in [2.45, 2.75) is 26.5 Å². The van der Waals surface area contributed by atoms with E-state index in [-0.39, 0.29) is 16.7 Å². The minimum atomic E-state index is -0.383. The molecule has 0 saturated carbocycles. The van der Waals surface area contributed by atoms with Gasteiger partial charge in [0.15, 0.2) is 0 Å². The van der Waals surface area contributed by atoms with E-state index in [4.69, 9.17) is 4.74 Å². The maximum absolute atomic E-state index is 10.6. The van der Waals surface area contributed by atoms with Gasteiger partial charge >= 0.3 is 0 Å². The molecule has 0 aliphatic rings. The molecule has 0 aromatic heterocycles. The molecule has 0 amide bonds. The van der Waals surface area contributed by atoms with E-state index in [2.05, 4.69) is 5.32 Å². The first-order valence-corrected chi connectivity index (χ1v) is 5.69. The molecule has 17 heavy (non-hydrogen) atoms. The first-order valence-electron chi connectivity index (χ1n) is 5.69. The lowest BCUT2D eigenvalue weighted by atomic mass is 10.2. The van der Waals surface area contributed by atoms with Crippen LogP contribution < -0.4 is 5.32 Å². The molecule has 0 bridgehead atoms. The second kappa shape index (κ2) is 6.98. The zero-order chi connectivity index (χ0) is 12.7. The van der Waals surface area contributed by atoms with E-state index in [0.717, 1.165) is 12.1 Å². The van der Waals surface area contributed by atoms with Crippen LogP contribution in [0.2, 0.25) is 0 Å². The molecule has 0 aliphatic heterocycles. The minimum absolute atomic E-state index is 0.127. The van der Waals surface area contributed by atoms with Crippen LogP contribution in [0, 0.1) is 10.1 Å². The molecule has 0 heterocycles. The number of hydrogen-bond donors (Lipinski definition) is 1. The van der Waals surface area contributed by atoms with Gasteiger partial charge < -0.3 is 10.1 Å². The van der Waals surface area contributed by atoms with E-state index in [0.29, 0.717) is 13.2 Å². The third kappa shape index (κ3) is 4.93. The average Bonchev–Trinajstić information content (AvgIpc) is 2.30. The van der Waals surface area contributed by atoms with E-state index in [1.165, 1.54) is 6.07 Å². The maximum atomic E-state index is 10.6. The highest BCUT2D eigenvalue weighted by Gasteiger charge is 2.05. The lowest BCUT2D eigenvalue weighted by Gasteiger charge is -2.12. The first kappa shape index (κ1) is 13.6. The van der Waals surface area contributed by atoms with Gasteiger partial charge in [-0.15, -0.1) is 0 Å². The van der Waals surface area contributed by atoms with Crippen LogP contribution >= 0.6 is 0 Å². The van der Waals surface area contributed by atoms with Crippen LogP contribution in [0.1, 0.15) is 19.4 Å². The summed E-state index contributed by atoms with van der Waals surface area (Å²) in [7, 11) is 0. The summed E-state index contributed by atoms with van der Waals surface area (Å²) in [5.74, 6) is 0. The molecular weight excluding hydrogens is 220 g/mol. The Morgan fingerprint density at radius 3 is 2.94 bits per heavy atom. The largest absolute Gasteiger partial charge is 0.377 e. The second-order valence-corrected chi connectivity index (χ2v) is 3.82. The summed E-state index contributed by atoms with van der Waals surface area (Å²) in [6.07, 6.45) is 0.152. The summed E-state index contributed by atoms with van der Waals surface area (Å²) < 4.78 is 5.37. The van der Waals surface area contributed by atoms with E-state index >= 15 is 0 Å².